The number of methoxy groups -OCH3 is 1. The molecule has 1 N–H and O–H groups in total. The summed E-state index contributed by atoms with van der Waals surface area (Å²) in [5.74, 6) is 0.491. The van der Waals surface area contributed by atoms with Gasteiger partial charge in [-0.05, 0) is 43.2 Å². The molecule has 0 saturated heterocycles. The molecule has 23 heavy (non-hydrogen) atoms. The fourth-order valence-corrected chi connectivity index (χ4v) is 3.02. The third-order valence-corrected chi connectivity index (χ3v) is 4.33. The van der Waals surface area contributed by atoms with E-state index in [1.165, 1.54) is 12.1 Å². The molecule has 1 saturated carbocycles. The highest BCUT2D eigenvalue weighted by atomic mass is 19.1. The van der Waals surface area contributed by atoms with Gasteiger partial charge in [0.25, 0.3) is 0 Å². The molecule has 1 aromatic heterocycles. The Morgan fingerprint density at radius 2 is 2.00 bits per heavy atom. The maximum absolute atomic E-state index is 13.7. The van der Waals surface area contributed by atoms with Crippen molar-refractivity contribution in [2.75, 3.05) is 7.11 Å². The number of halogens is 1. The van der Waals surface area contributed by atoms with Gasteiger partial charge in [-0.2, -0.15) is 0 Å². The van der Waals surface area contributed by atoms with Gasteiger partial charge in [-0.3, -0.25) is 4.79 Å². The standard InChI is InChI=1S/C19H16FNO2/c1-23-16-5-3-2-4-13(16)18-17(19(22)11-6-7-11)14-10-12(20)8-9-15(14)21-18/h2-5,8-11,21H,6-7H2,1H3. The maximum Gasteiger partial charge on any atom is 0.168 e. The van der Waals surface area contributed by atoms with E-state index < -0.39 is 0 Å². The molecule has 0 atom stereocenters. The minimum Gasteiger partial charge on any atom is -0.496 e. The normalized spacial score (nSPS) is 14.2. The average Bonchev–Trinajstić information content (AvgIpc) is 3.35. The summed E-state index contributed by atoms with van der Waals surface area (Å²) in [5, 5.41) is 0.641. The summed E-state index contributed by atoms with van der Waals surface area (Å²) in [6.45, 7) is 0. The largest absolute Gasteiger partial charge is 0.496 e. The number of ketones is 1. The number of Topliss-reactive ketones (excluding diaryl/α,β-unsaturated/α-hetero) is 1. The van der Waals surface area contributed by atoms with Crippen molar-refractivity contribution in [1.29, 1.82) is 0 Å². The number of aromatic amines is 1. The fourth-order valence-electron chi connectivity index (χ4n) is 3.02. The molecule has 2 aromatic carbocycles. The van der Waals surface area contributed by atoms with E-state index in [9.17, 15) is 9.18 Å². The Hall–Kier alpha value is -2.62. The van der Waals surface area contributed by atoms with Gasteiger partial charge in [0.05, 0.1) is 18.4 Å². The first kappa shape index (κ1) is 14.0. The van der Waals surface area contributed by atoms with Gasteiger partial charge in [0.2, 0.25) is 0 Å². The van der Waals surface area contributed by atoms with E-state index in [2.05, 4.69) is 4.98 Å². The highest BCUT2D eigenvalue weighted by Crippen LogP contribution is 2.41. The molecule has 3 aromatic rings. The van der Waals surface area contributed by atoms with Gasteiger partial charge in [-0.25, -0.2) is 4.39 Å². The lowest BCUT2D eigenvalue weighted by Crippen LogP contribution is -2.03. The molecule has 1 aliphatic carbocycles. The first-order valence-electron chi connectivity index (χ1n) is 7.68. The molecule has 1 fully saturated rings. The molecule has 0 radical (unpaired) electrons. The average molecular weight is 309 g/mol. The lowest BCUT2D eigenvalue weighted by molar-refractivity contribution is 0.0970. The highest BCUT2D eigenvalue weighted by molar-refractivity contribution is 6.15. The van der Waals surface area contributed by atoms with E-state index in [0.29, 0.717) is 22.4 Å². The predicted octanol–water partition coefficient (Wildman–Crippen LogP) is 4.58. The minimum absolute atomic E-state index is 0.0609. The summed E-state index contributed by atoms with van der Waals surface area (Å²) in [6.07, 6.45) is 1.82. The van der Waals surface area contributed by atoms with E-state index in [1.54, 1.807) is 13.2 Å². The number of fused-ring (bicyclic) bond motifs is 1. The Labute approximate surface area is 133 Å². The van der Waals surface area contributed by atoms with Crippen molar-refractivity contribution in [3.05, 3.63) is 53.8 Å². The first-order valence-corrected chi connectivity index (χ1v) is 7.68. The van der Waals surface area contributed by atoms with Crippen LogP contribution in [0.4, 0.5) is 4.39 Å². The molecule has 0 unspecified atom stereocenters. The number of benzene rings is 2. The fraction of sp³-hybridized carbons (Fsp3) is 0.211. The molecule has 4 heteroatoms. The van der Waals surface area contributed by atoms with E-state index in [-0.39, 0.29) is 17.5 Å². The number of rotatable bonds is 4. The quantitative estimate of drug-likeness (QED) is 0.717. The summed E-state index contributed by atoms with van der Waals surface area (Å²) in [7, 11) is 1.60. The SMILES string of the molecule is COc1ccccc1-c1[nH]c2ccc(F)cc2c1C(=O)C1CC1. The molecule has 0 spiro atoms. The van der Waals surface area contributed by atoms with E-state index in [1.807, 2.05) is 24.3 Å². The third-order valence-electron chi connectivity index (χ3n) is 4.33. The van der Waals surface area contributed by atoms with E-state index in [4.69, 9.17) is 4.74 Å². The lowest BCUT2D eigenvalue weighted by Gasteiger charge is -2.09. The van der Waals surface area contributed by atoms with Crippen LogP contribution in [-0.4, -0.2) is 17.9 Å². The molecule has 4 rings (SSSR count). The maximum atomic E-state index is 13.7. The summed E-state index contributed by atoms with van der Waals surface area (Å²) in [4.78, 5) is 16.1. The zero-order valence-corrected chi connectivity index (χ0v) is 12.7. The molecular weight excluding hydrogens is 293 g/mol. The number of hydrogen-bond acceptors (Lipinski definition) is 2. The zero-order chi connectivity index (χ0) is 16.0. The second kappa shape index (κ2) is 5.23. The van der Waals surface area contributed by atoms with Gasteiger partial charge < -0.3 is 9.72 Å². The van der Waals surface area contributed by atoms with Gasteiger partial charge in [-0.1, -0.05) is 12.1 Å². The molecule has 0 amide bonds. The second-order valence-corrected chi connectivity index (χ2v) is 5.90. The number of carbonyl (C=O) groups excluding carboxylic acids is 1. The van der Waals surface area contributed by atoms with Gasteiger partial charge >= 0.3 is 0 Å². The number of para-hydroxylation sites is 1. The van der Waals surface area contributed by atoms with Gasteiger partial charge in [0.15, 0.2) is 5.78 Å². The molecule has 0 bridgehead atoms. The highest BCUT2D eigenvalue weighted by Gasteiger charge is 2.34. The van der Waals surface area contributed by atoms with Crippen LogP contribution in [0.2, 0.25) is 0 Å². The molecule has 1 heterocycles. The summed E-state index contributed by atoms with van der Waals surface area (Å²) < 4.78 is 19.1. The number of carbonyl (C=O) groups is 1. The Bertz CT molecular complexity index is 909. The molecule has 1 aliphatic rings. The monoisotopic (exact) mass is 309 g/mol. The van der Waals surface area contributed by atoms with Crippen LogP contribution in [0, 0.1) is 11.7 Å². The van der Waals surface area contributed by atoms with Crippen molar-refractivity contribution >= 4 is 16.7 Å². The van der Waals surface area contributed by atoms with Crippen molar-refractivity contribution in [1.82, 2.24) is 4.98 Å². The van der Waals surface area contributed by atoms with Gasteiger partial charge in [0, 0.05) is 22.4 Å². The van der Waals surface area contributed by atoms with Crippen LogP contribution in [0.1, 0.15) is 23.2 Å². The molecule has 3 nitrogen and oxygen atoms in total. The summed E-state index contributed by atoms with van der Waals surface area (Å²) in [6, 6.07) is 12.0. The predicted molar refractivity (Wildman–Crippen MR) is 87.3 cm³/mol. The first-order chi connectivity index (χ1) is 11.2. The van der Waals surface area contributed by atoms with Crippen LogP contribution in [0.25, 0.3) is 22.2 Å². The Morgan fingerprint density at radius 1 is 1.22 bits per heavy atom. The number of H-pyrrole nitrogens is 1. The van der Waals surface area contributed by atoms with Crippen LogP contribution < -0.4 is 4.74 Å². The molecule has 116 valence electrons. The smallest absolute Gasteiger partial charge is 0.168 e. The van der Waals surface area contributed by atoms with E-state index >= 15 is 0 Å². The second-order valence-electron chi connectivity index (χ2n) is 5.90. The Kier molecular flexibility index (Phi) is 3.18. The zero-order valence-electron chi connectivity index (χ0n) is 12.7. The summed E-state index contributed by atoms with van der Waals surface area (Å²) >= 11 is 0. The van der Waals surface area contributed by atoms with Crippen LogP contribution in [-0.2, 0) is 0 Å². The number of ether oxygens (including phenoxy) is 1. The van der Waals surface area contributed by atoms with Crippen molar-refractivity contribution < 1.29 is 13.9 Å². The third kappa shape index (κ3) is 2.31. The number of nitrogens with one attached hydrogen (secondary N) is 1. The Balaban J connectivity index is 2.02. The van der Waals surface area contributed by atoms with E-state index in [0.717, 1.165) is 23.9 Å². The number of hydrogen-bond donors (Lipinski definition) is 1. The molecule has 0 aliphatic heterocycles. The van der Waals surface area contributed by atoms with Crippen LogP contribution in [0.5, 0.6) is 5.75 Å². The van der Waals surface area contributed by atoms with Crippen LogP contribution in [0.15, 0.2) is 42.5 Å². The van der Waals surface area contributed by atoms with Gasteiger partial charge in [0.1, 0.15) is 11.6 Å². The van der Waals surface area contributed by atoms with Crippen LogP contribution in [0.3, 0.4) is 0 Å². The van der Waals surface area contributed by atoms with Crippen molar-refractivity contribution in [2.45, 2.75) is 12.8 Å². The topological polar surface area (TPSA) is 42.1 Å². The van der Waals surface area contributed by atoms with Gasteiger partial charge in [-0.15, -0.1) is 0 Å². The minimum atomic E-state index is -0.340. The molecular formula is C19H16FNO2. The lowest BCUT2D eigenvalue weighted by atomic mass is 9.98. The van der Waals surface area contributed by atoms with Crippen molar-refractivity contribution in [3.8, 4) is 17.0 Å². The van der Waals surface area contributed by atoms with Crippen molar-refractivity contribution in [2.24, 2.45) is 5.92 Å². The van der Waals surface area contributed by atoms with Crippen molar-refractivity contribution in [3.63, 3.8) is 0 Å². The Morgan fingerprint density at radius 3 is 2.74 bits per heavy atom. The van der Waals surface area contributed by atoms with Crippen LogP contribution >= 0.6 is 0 Å². The summed E-state index contributed by atoms with van der Waals surface area (Å²) in [5.41, 5.74) is 2.86. The number of aromatic nitrogens is 1.